The Bertz CT molecular complexity index is 607. The van der Waals surface area contributed by atoms with Gasteiger partial charge in [-0.2, -0.15) is 0 Å². The number of imidazole rings is 1. The lowest BCUT2D eigenvalue weighted by atomic mass is 10.0. The van der Waals surface area contributed by atoms with E-state index < -0.39 is 11.6 Å². The van der Waals surface area contributed by atoms with E-state index in [2.05, 4.69) is 18.8 Å². The predicted molar refractivity (Wildman–Crippen MR) is 78.2 cm³/mol. The van der Waals surface area contributed by atoms with E-state index in [9.17, 15) is 8.78 Å². The summed E-state index contributed by atoms with van der Waals surface area (Å²) in [7, 11) is 0. The topological polar surface area (TPSA) is 17.8 Å². The summed E-state index contributed by atoms with van der Waals surface area (Å²) in [6.07, 6.45) is 1.41. The zero-order valence-electron chi connectivity index (χ0n) is 12.0. The third-order valence-electron chi connectivity index (χ3n) is 3.39. The lowest BCUT2D eigenvalue weighted by molar-refractivity contribution is 0.420. The molecule has 0 bridgehead atoms. The van der Waals surface area contributed by atoms with Gasteiger partial charge in [0.05, 0.1) is 5.52 Å². The molecule has 5 heteroatoms. The summed E-state index contributed by atoms with van der Waals surface area (Å²) >= 11 is 5.80. The van der Waals surface area contributed by atoms with Gasteiger partial charge >= 0.3 is 0 Å². The number of rotatable bonds is 5. The first-order valence-electron chi connectivity index (χ1n) is 6.86. The van der Waals surface area contributed by atoms with Crippen molar-refractivity contribution in [2.75, 3.05) is 5.88 Å². The van der Waals surface area contributed by atoms with Crippen molar-refractivity contribution in [2.24, 2.45) is 5.92 Å². The van der Waals surface area contributed by atoms with Gasteiger partial charge in [-0.25, -0.2) is 13.8 Å². The van der Waals surface area contributed by atoms with Crippen molar-refractivity contribution in [3.63, 3.8) is 0 Å². The molecule has 0 fully saturated rings. The van der Waals surface area contributed by atoms with E-state index in [0.29, 0.717) is 29.6 Å². The molecule has 0 spiro atoms. The standard InChI is InChI=1S/C15H19ClF2N2/c1-9(2)8-10(3)20-13(6-7-16)19-12-5-4-11(17)14(18)15(12)20/h4-5,9-10H,6-8H2,1-3H3. The Morgan fingerprint density at radius 2 is 1.95 bits per heavy atom. The molecule has 0 N–H and O–H groups in total. The Morgan fingerprint density at radius 3 is 2.55 bits per heavy atom. The third-order valence-corrected chi connectivity index (χ3v) is 3.58. The molecular formula is C15H19ClF2N2. The average molecular weight is 301 g/mol. The van der Waals surface area contributed by atoms with Gasteiger partial charge in [0.2, 0.25) is 0 Å². The first-order chi connectivity index (χ1) is 9.45. The van der Waals surface area contributed by atoms with Gasteiger partial charge in [0.1, 0.15) is 11.3 Å². The van der Waals surface area contributed by atoms with E-state index in [0.717, 1.165) is 12.5 Å². The molecular weight excluding hydrogens is 282 g/mol. The van der Waals surface area contributed by atoms with Crippen molar-refractivity contribution in [1.29, 1.82) is 0 Å². The molecule has 2 nitrogen and oxygen atoms in total. The minimum atomic E-state index is -0.840. The van der Waals surface area contributed by atoms with Gasteiger partial charge in [-0.15, -0.1) is 11.6 Å². The normalized spacial score (nSPS) is 13.3. The molecule has 20 heavy (non-hydrogen) atoms. The molecule has 0 aliphatic heterocycles. The molecule has 1 aromatic heterocycles. The van der Waals surface area contributed by atoms with Crippen molar-refractivity contribution in [3.05, 3.63) is 29.6 Å². The number of hydrogen-bond donors (Lipinski definition) is 0. The van der Waals surface area contributed by atoms with Gasteiger partial charge < -0.3 is 4.57 Å². The monoisotopic (exact) mass is 300 g/mol. The average Bonchev–Trinajstić information content (AvgIpc) is 2.73. The van der Waals surface area contributed by atoms with E-state index in [1.165, 1.54) is 6.07 Å². The quantitative estimate of drug-likeness (QED) is 0.732. The van der Waals surface area contributed by atoms with Crippen LogP contribution in [-0.4, -0.2) is 15.4 Å². The Hall–Kier alpha value is -1.16. The van der Waals surface area contributed by atoms with E-state index in [1.54, 1.807) is 4.57 Å². The maximum atomic E-state index is 14.1. The summed E-state index contributed by atoms with van der Waals surface area (Å²) in [4.78, 5) is 4.40. The fraction of sp³-hybridized carbons (Fsp3) is 0.533. The van der Waals surface area contributed by atoms with Crippen LogP contribution in [-0.2, 0) is 6.42 Å². The molecule has 1 aromatic carbocycles. The second-order valence-corrected chi connectivity index (χ2v) is 5.92. The first-order valence-corrected chi connectivity index (χ1v) is 7.40. The van der Waals surface area contributed by atoms with Gasteiger partial charge in [-0.3, -0.25) is 0 Å². The summed E-state index contributed by atoms with van der Waals surface area (Å²) in [5, 5.41) is 0. The van der Waals surface area contributed by atoms with Gasteiger partial charge in [0.15, 0.2) is 11.6 Å². The molecule has 2 rings (SSSR count). The van der Waals surface area contributed by atoms with E-state index in [4.69, 9.17) is 11.6 Å². The highest BCUT2D eigenvalue weighted by molar-refractivity contribution is 6.17. The lowest BCUT2D eigenvalue weighted by Crippen LogP contribution is -2.13. The molecule has 0 aliphatic carbocycles. The molecule has 2 aromatic rings. The fourth-order valence-corrected chi connectivity index (χ4v) is 2.86. The Kier molecular flexibility index (Phi) is 4.63. The SMILES string of the molecule is CC(C)CC(C)n1c(CCCl)nc2ccc(F)c(F)c21. The summed E-state index contributed by atoms with van der Waals surface area (Å²) < 4.78 is 29.5. The van der Waals surface area contributed by atoms with Crippen molar-refractivity contribution >= 4 is 22.6 Å². The second kappa shape index (κ2) is 6.08. The zero-order chi connectivity index (χ0) is 14.9. The van der Waals surface area contributed by atoms with Crippen LogP contribution < -0.4 is 0 Å². The Morgan fingerprint density at radius 1 is 1.25 bits per heavy atom. The minimum absolute atomic E-state index is 0.0505. The molecule has 1 unspecified atom stereocenters. The number of benzene rings is 1. The number of aromatic nitrogens is 2. The largest absolute Gasteiger partial charge is 0.323 e. The van der Waals surface area contributed by atoms with Crippen LogP contribution in [0.25, 0.3) is 11.0 Å². The molecule has 0 radical (unpaired) electrons. The van der Waals surface area contributed by atoms with Crippen molar-refractivity contribution in [1.82, 2.24) is 9.55 Å². The maximum Gasteiger partial charge on any atom is 0.184 e. The second-order valence-electron chi connectivity index (χ2n) is 5.54. The van der Waals surface area contributed by atoms with Gasteiger partial charge in [0, 0.05) is 18.3 Å². The highest BCUT2D eigenvalue weighted by Crippen LogP contribution is 2.28. The van der Waals surface area contributed by atoms with Crippen LogP contribution in [0, 0.1) is 17.6 Å². The predicted octanol–water partition coefficient (Wildman–Crippen LogP) is 4.70. The van der Waals surface area contributed by atoms with Crippen LogP contribution in [0.5, 0.6) is 0 Å². The van der Waals surface area contributed by atoms with Crippen LogP contribution in [0.3, 0.4) is 0 Å². The van der Waals surface area contributed by atoms with Crippen molar-refractivity contribution in [3.8, 4) is 0 Å². The van der Waals surface area contributed by atoms with Crippen LogP contribution in [0.1, 0.15) is 39.1 Å². The van der Waals surface area contributed by atoms with E-state index >= 15 is 0 Å². The Balaban J connectivity index is 2.63. The molecule has 110 valence electrons. The third kappa shape index (κ3) is 2.80. The fourth-order valence-electron chi connectivity index (χ4n) is 2.69. The summed E-state index contributed by atoms with van der Waals surface area (Å²) in [6.45, 7) is 6.21. The van der Waals surface area contributed by atoms with Crippen LogP contribution >= 0.6 is 11.6 Å². The minimum Gasteiger partial charge on any atom is -0.323 e. The highest BCUT2D eigenvalue weighted by atomic mass is 35.5. The van der Waals surface area contributed by atoms with Crippen LogP contribution in [0.15, 0.2) is 12.1 Å². The lowest BCUT2D eigenvalue weighted by Gasteiger charge is -2.19. The first kappa shape index (κ1) is 15.2. The molecule has 0 saturated carbocycles. The number of alkyl halides is 1. The van der Waals surface area contributed by atoms with E-state index in [-0.39, 0.29) is 11.6 Å². The number of hydrogen-bond acceptors (Lipinski definition) is 1. The molecule has 1 atom stereocenters. The summed E-state index contributed by atoms with van der Waals surface area (Å²) in [5.41, 5.74) is 0.734. The number of aryl methyl sites for hydroxylation is 1. The molecule has 0 saturated heterocycles. The molecule has 0 amide bonds. The number of fused-ring (bicyclic) bond motifs is 1. The van der Waals surface area contributed by atoms with Crippen LogP contribution in [0.2, 0.25) is 0 Å². The van der Waals surface area contributed by atoms with Crippen LogP contribution in [0.4, 0.5) is 8.78 Å². The van der Waals surface area contributed by atoms with Gasteiger partial charge in [0.25, 0.3) is 0 Å². The number of halogens is 3. The van der Waals surface area contributed by atoms with E-state index in [1.807, 2.05) is 6.92 Å². The smallest absolute Gasteiger partial charge is 0.184 e. The summed E-state index contributed by atoms with van der Waals surface area (Å²) in [5.74, 6) is -0.0863. The zero-order valence-corrected chi connectivity index (χ0v) is 12.7. The number of nitrogens with zero attached hydrogens (tertiary/aromatic N) is 2. The summed E-state index contributed by atoms with van der Waals surface area (Å²) in [6, 6.07) is 2.69. The highest BCUT2D eigenvalue weighted by Gasteiger charge is 2.21. The van der Waals surface area contributed by atoms with Crippen molar-refractivity contribution in [2.45, 2.75) is 39.7 Å². The Labute approximate surface area is 122 Å². The van der Waals surface area contributed by atoms with Gasteiger partial charge in [-0.1, -0.05) is 13.8 Å². The molecule has 1 heterocycles. The maximum absolute atomic E-state index is 14.1. The molecule has 0 aliphatic rings. The van der Waals surface area contributed by atoms with Crippen molar-refractivity contribution < 1.29 is 8.78 Å². The van der Waals surface area contributed by atoms with Gasteiger partial charge in [-0.05, 0) is 31.4 Å².